The fourth-order valence-electron chi connectivity index (χ4n) is 3.16. The van der Waals surface area contributed by atoms with Crippen LogP contribution in [0.1, 0.15) is 13.3 Å². The zero-order chi connectivity index (χ0) is 15.7. The minimum absolute atomic E-state index is 0.0390. The van der Waals surface area contributed by atoms with E-state index in [1.165, 1.54) is 0 Å². The number of hydrogen-bond donors (Lipinski definition) is 1. The second-order valence-electron chi connectivity index (χ2n) is 5.95. The molecular weight excluding hydrogens is 302 g/mol. The molecule has 0 aromatic heterocycles. The van der Waals surface area contributed by atoms with Crippen LogP contribution in [0.15, 0.2) is 24.3 Å². The van der Waals surface area contributed by atoms with Crippen LogP contribution in [-0.4, -0.2) is 48.9 Å². The first kappa shape index (κ1) is 15.3. The van der Waals surface area contributed by atoms with Crippen LogP contribution in [-0.2, 0) is 9.59 Å². The van der Waals surface area contributed by atoms with E-state index in [0.717, 1.165) is 12.2 Å². The van der Waals surface area contributed by atoms with E-state index in [0.29, 0.717) is 31.1 Å². The SMILES string of the molecule is C[C@@H]1CN(C(=O)[C@H]2CCN(c3cccc(Cl)c3)C2=O)CCN1. The standard InChI is InChI=1S/C16H20ClN3O2/c1-11-10-19(8-6-18-11)15(21)14-5-7-20(16(14)22)13-4-2-3-12(17)9-13/h2-4,9,11,14,18H,5-8,10H2,1H3/t11-,14-/m1/s1. The van der Waals surface area contributed by atoms with Crippen molar-refractivity contribution in [3.63, 3.8) is 0 Å². The highest BCUT2D eigenvalue weighted by molar-refractivity contribution is 6.31. The van der Waals surface area contributed by atoms with Gasteiger partial charge in [-0.3, -0.25) is 9.59 Å². The third-order valence-corrected chi connectivity index (χ3v) is 4.54. The Bertz CT molecular complexity index is 593. The fourth-order valence-corrected chi connectivity index (χ4v) is 3.35. The molecule has 2 aliphatic heterocycles. The van der Waals surface area contributed by atoms with Crippen LogP contribution < -0.4 is 10.2 Å². The van der Waals surface area contributed by atoms with Gasteiger partial charge in [0.05, 0.1) is 0 Å². The van der Waals surface area contributed by atoms with Crippen LogP contribution in [0.25, 0.3) is 0 Å². The summed E-state index contributed by atoms with van der Waals surface area (Å²) in [4.78, 5) is 28.7. The molecule has 0 unspecified atom stereocenters. The Hall–Kier alpha value is -1.59. The van der Waals surface area contributed by atoms with Gasteiger partial charge < -0.3 is 15.1 Å². The number of amides is 2. The van der Waals surface area contributed by atoms with E-state index in [9.17, 15) is 9.59 Å². The van der Waals surface area contributed by atoms with E-state index in [1.54, 1.807) is 17.0 Å². The van der Waals surface area contributed by atoms with Crippen LogP contribution in [0, 0.1) is 5.92 Å². The molecule has 22 heavy (non-hydrogen) atoms. The van der Waals surface area contributed by atoms with Gasteiger partial charge in [-0.1, -0.05) is 17.7 Å². The lowest BCUT2D eigenvalue weighted by molar-refractivity contribution is -0.140. The lowest BCUT2D eigenvalue weighted by Crippen LogP contribution is -2.53. The van der Waals surface area contributed by atoms with Crippen LogP contribution in [0.5, 0.6) is 0 Å². The molecule has 0 aliphatic carbocycles. The highest BCUT2D eigenvalue weighted by atomic mass is 35.5. The van der Waals surface area contributed by atoms with Crippen molar-refractivity contribution < 1.29 is 9.59 Å². The third kappa shape index (κ3) is 2.96. The van der Waals surface area contributed by atoms with E-state index in [2.05, 4.69) is 5.32 Å². The van der Waals surface area contributed by atoms with Gasteiger partial charge in [0.25, 0.3) is 0 Å². The smallest absolute Gasteiger partial charge is 0.239 e. The molecule has 2 atom stereocenters. The first-order valence-electron chi connectivity index (χ1n) is 7.65. The zero-order valence-corrected chi connectivity index (χ0v) is 13.3. The summed E-state index contributed by atoms with van der Waals surface area (Å²) in [6.07, 6.45) is 0.572. The number of hydrogen-bond acceptors (Lipinski definition) is 3. The van der Waals surface area contributed by atoms with Crippen molar-refractivity contribution in [2.24, 2.45) is 5.92 Å². The number of carbonyl (C=O) groups excluding carboxylic acids is 2. The molecule has 0 bridgehead atoms. The molecule has 2 aliphatic rings. The third-order valence-electron chi connectivity index (χ3n) is 4.30. The highest BCUT2D eigenvalue weighted by Gasteiger charge is 2.40. The summed E-state index contributed by atoms with van der Waals surface area (Å²) >= 11 is 5.99. The minimum Gasteiger partial charge on any atom is -0.339 e. The number of halogens is 1. The predicted octanol–water partition coefficient (Wildman–Crippen LogP) is 1.51. The van der Waals surface area contributed by atoms with E-state index < -0.39 is 5.92 Å². The fraction of sp³-hybridized carbons (Fsp3) is 0.500. The topological polar surface area (TPSA) is 52.7 Å². The average Bonchev–Trinajstić information content (AvgIpc) is 2.88. The van der Waals surface area contributed by atoms with Gasteiger partial charge in [-0.15, -0.1) is 0 Å². The summed E-state index contributed by atoms with van der Waals surface area (Å²) in [5, 5.41) is 3.90. The molecule has 3 rings (SSSR count). The van der Waals surface area contributed by atoms with Gasteiger partial charge in [0, 0.05) is 42.9 Å². The van der Waals surface area contributed by atoms with E-state index in [1.807, 2.05) is 24.0 Å². The molecule has 1 aromatic carbocycles. The molecule has 5 nitrogen and oxygen atoms in total. The minimum atomic E-state index is -0.552. The number of carbonyl (C=O) groups is 2. The number of rotatable bonds is 2. The van der Waals surface area contributed by atoms with Crippen molar-refractivity contribution in [2.45, 2.75) is 19.4 Å². The van der Waals surface area contributed by atoms with Gasteiger partial charge in [-0.2, -0.15) is 0 Å². The van der Waals surface area contributed by atoms with Crippen molar-refractivity contribution >= 4 is 29.1 Å². The lowest BCUT2D eigenvalue weighted by Gasteiger charge is -2.33. The summed E-state index contributed by atoms with van der Waals surface area (Å²) in [6.45, 7) is 4.74. The van der Waals surface area contributed by atoms with Gasteiger partial charge >= 0.3 is 0 Å². The quantitative estimate of drug-likeness (QED) is 0.840. The Kier molecular flexibility index (Phi) is 4.36. The maximum Gasteiger partial charge on any atom is 0.239 e. The molecule has 118 valence electrons. The van der Waals surface area contributed by atoms with Crippen molar-refractivity contribution in [1.82, 2.24) is 10.2 Å². The molecule has 2 fully saturated rings. The Morgan fingerprint density at radius 2 is 2.18 bits per heavy atom. The first-order valence-corrected chi connectivity index (χ1v) is 8.03. The molecule has 2 amide bonds. The van der Waals surface area contributed by atoms with Crippen LogP contribution in [0.4, 0.5) is 5.69 Å². The van der Waals surface area contributed by atoms with Crippen molar-refractivity contribution in [2.75, 3.05) is 31.1 Å². The van der Waals surface area contributed by atoms with Gasteiger partial charge in [-0.25, -0.2) is 0 Å². The maximum absolute atomic E-state index is 12.6. The van der Waals surface area contributed by atoms with Crippen LogP contribution >= 0.6 is 11.6 Å². The molecule has 2 heterocycles. The molecule has 0 saturated carbocycles. The van der Waals surface area contributed by atoms with E-state index >= 15 is 0 Å². The van der Waals surface area contributed by atoms with E-state index in [-0.39, 0.29) is 17.9 Å². The van der Waals surface area contributed by atoms with Gasteiger partial charge in [0.15, 0.2) is 0 Å². The van der Waals surface area contributed by atoms with Gasteiger partial charge in [-0.05, 0) is 31.5 Å². The number of anilines is 1. The first-order chi connectivity index (χ1) is 10.6. The Balaban J connectivity index is 1.72. The Morgan fingerprint density at radius 3 is 2.91 bits per heavy atom. The van der Waals surface area contributed by atoms with Crippen molar-refractivity contribution in [1.29, 1.82) is 0 Å². The molecular formula is C16H20ClN3O2. The Morgan fingerprint density at radius 1 is 1.36 bits per heavy atom. The van der Waals surface area contributed by atoms with Gasteiger partial charge in [0.2, 0.25) is 11.8 Å². The molecule has 1 N–H and O–H groups in total. The molecule has 0 spiro atoms. The van der Waals surface area contributed by atoms with Crippen molar-refractivity contribution in [3.8, 4) is 0 Å². The highest BCUT2D eigenvalue weighted by Crippen LogP contribution is 2.28. The number of nitrogens with one attached hydrogen (secondary N) is 1. The number of nitrogens with zero attached hydrogens (tertiary/aromatic N) is 2. The normalized spacial score (nSPS) is 25.6. The monoisotopic (exact) mass is 321 g/mol. The summed E-state index contributed by atoms with van der Waals surface area (Å²) in [7, 11) is 0. The predicted molar refractivity (Wildman–Crippen MR) is 86.0 cm³/mol. The van der Waals surface area contributed by atoms with Crippen molar-refractivity contribution in [3.05, 3.63) is 29.3 Å². The molecule has 0 radical (unpaired) electrons. The van der Waals surface area contributed by atoms with Crippen LogP contribution in [0.3, 0.4) is 0 Å². The summed E-state index contributed by atoms with van der Waals surface area (Å²) in [5.74, 6) is -0.703. The summed E-state index contributed by atoms with van der Waals surface area (Å²) < 4.78 is 0. The van der Waals surface area contributed by atoms with E-state index in [4.69, 9.17) is 11.6 Å². The molecule has 6 heteroatoms. The summed E-state index contributed by atoms with van der Waals surface area (Å²) in [5.41, 5.74) is 0.765. The molecule has 2 saturated heterocycles. The maximum atomic E-state index is 12.6. The zero-order valence-electron chi connectivity index (χ0n) is 12.6. The second-order valence-corrected chi connectivity index (χ2v) is 6.39. The Labute approximate surface area is 135 Å². The number of piperazine rings is 1. The van der Waals surface area contributed by atoms with Crippen LogP contribution in [0.2, 0.25) is 5.02 Å². The number of benzene rings is 1. The molecule has 1 aromatic rings. The van der Waals surface area contributed by atoms with Gasteiger partial charge in [0.1, 0.15) is 5.92 Å². The largest absolute Gasteiger partial charge is 0.339 e. The second kappa shape index (κ2) is 6.26. The summed E-state index contributed by atoms with van der Waals surface area (Å²) in [6, 6.07) is 7.48. The average molecular weight is 322 g/mol. The lowest BCUT2D eigenvalue weighted by atomic mass is 10.1.